The summed E-state index contributed by atoms with van der Waals surface area (Å²) in [7, 11) is 0. The smallest absolute Gasteiger partial charge is 0.306 e. The molecule has 0 aromatic heterocycles. The van der Waals surface area contributed by atoms with Gasteiger partial charge in [-0.05, 0) is 122 Å². The van der Waals surface area contributed by atoms with E-state index in [1.54, 1.807) is 0 Å². The molecule has 0 saturated carbocycles. The Balaban J connectivity index is 4.36. The van der Waals surface area contributed by atoms with Gasteiger partial charge in [-0.25, -0.2) is 0 Å². The molecular formula is C77H134O6. The Bertz CT molecular complexity index is 1610. The van der Waals surface area contributed by atoms with Crippen LogP contribution < -0.4 is 0 Å². The molecule has 83 heavy (non-hydrogen) atoms. The van der Waals surface area contributed by atoms with Gasteiger partial charge in [0.2, 0.25) is 0 Å². The van der Waals surface area contributed by atoms with Crippen LogP contribution in [-0.2, 0) is 28.6 Å². The van der Waals surface area contributed by atoms with Crippen molar-refractivity contribution < 1.29 is 28.6 Å². The molecule has 0 aromatic carbocycles. The number of allylic oxidation sites excluding steroid dienone is 16. The largest absolute Gasteiger partial charge is 0.462 e. The molecule has 1 atom stereocenters. The minimum atomic E-state index is -0.790. The molecule has 0 saturated heterocycles. The standard InChI is InChI=1S/C77H134O6/c1-4-7-10-13-16-19-22-25-28-30-32-34-36-38-40-42-44-46-49-52-55-58-61-64-67-70-76(79)82-73-74(72-81-75(78)69-66-63-60-57-54-51-48-27-24-21-18-15-12-9-6-3)83-77(80)71-68-65-62-59-56-53-50-47-45-43-41-39-37-35-33-31-29-26-23-20-17-14-11-8-5-2/h7,10,16,19,25,27-28,31-34,38,40,44,46,48,74H,4-6,8-9,11-15,17-18,20-24,26,29-30,35-37,39,41-43,45,47,49-73H2,1-3H3/b10-7-,19-16-,28-25-,33-31-,34-32-,40-38-,46-44-,48-27-. The Kier molecular flexibility index (Phi) is 67.7. The Labute approximate surface area is 515 Å². The van der Waals surface area contributed by atoms with Crippen LogP contribution in [-0.4, -0.2) is 37.2 Å². The van der Waals surface area contributed by atoms with Gasteiger partial charge in [-0.3, -0.25) is 14.4 Å². The lowest BCUT2D eigenvalue weighted by Gasteiger charge is -2.18. The fraction of sp³-hybridized carbons (Fsp3) is 0.753. The lowest BCUT2D eigenvalue weighted by atomic mass is 10.0. The lowest BCUT2D eigenvalue weighted by Crippen LogP contribution is -2.30. The van der Waals surface area contributed by atoms with Gasteiger partial charge in [0.15, 0.2) is 6.10 Å². The molecule has 478 valence electrons. The Hall–Kier alpha value is -3.67. The zero-order valence-corrected chi connectivity index (χ0v) is 54.9. The average Bonchev–Trinajstić information content (AvgIpc) is 3.49. The van der Waals surface area contributed by atoms with Gasteiger partial charge in [-0.1, -0.05) is 311 Å². The SMILES string of the molecule is CC/C=C\C/C=C\C/C=C\C/C=C\C/C=C\C/C=C\CCCCCCCCC(=O)OCC(COC(=O)CCCCCCC/C=C\CCCCCCCC)OC(=O)CCCCCCCCCCCCCCC/C=C\CCCCCCCCCC. The van der Waals surface area contributed by atoms with Crippen molar-refractivity contribution in [1.29, 1.82) is 0 Å². The molecule has 0 bridgehead atoms. The minimum Gasteiger partial charge on any atom is -0.462 e. The van der Waals surface area contributed by atoms with Crippen molar-refractivity contribution in [2.45, 2.75) is 361 Å². The molecule has 1 unspecified atom stereocenters. The van der Waals surface area contributed by atoms with Gasteiger partial charge in [-0.15, -0.1) is 0 Å². The molecule has 0 aromatic rings. The van der Waals surface area contributed by atoms with Crippen molar-refractivity contribution >= 4 is 17.9 Å². The molecule has 0 aliphatic rings. The first-order valence-electron chi connectivity index (χ1n) is 35.7. The molecule has 0 radical (unpaired) electrons. The van der Waals surface area contributed by atoms with Crippen LogP contribution in [0.5, 0.6) is 0 Å². The monoisotopic (exact) mass is 1160 g/mol. The zero-order valence-electron chi connectivity index (χ0n) is 54.9. The third-order valence-corrected chi connectivity index (χ3v) is 15.5. The minimum absolute atomic E-state index is 0.0848. The van der Waals surface area contributed by atoms with Crippen LogP contribution in [0.1, 0.15) is 355 Å². The van der Waals surface area contributed by atoms with Crippen molar-refractivity contribution in [3.05, 3.63) is 97.2 Å². The molecule has 0 N–H and O–H groups in total. The predicted molar refractivity (Wildman–Crippen MR) is 362 cm³/mol. The van der Waals surface area contributed by atoms with Gasteiger partial charge in [0.1, 0.15) is 13.2 Å². The summed E-state index contributed by atoms with van der Waals surface area (Å²) < 4.78 is 17.0. The second-order valence-electron chi connectivity index (χ2n) is 23.8. The van der Waals surface area contributed by atoms with Crippen LogP contribution in [0.2, 0.25) is 0 Å². The summed E-state index contributed by atoms with van der Waals surface area (Å²) in [6, 6.07) is 0. The number of hydrogen-bond acceptors (Lipinski definition) is 6. The van der Waals surface area contributed by atoms with Gasteiger partial charge in [0.25, 0.3) is 0 Å². The van der Waals surface area contributed by atoms with Crippen LogP contribution in [0.25, 0.3) is 0 Å². The number of carbonyl (C=O) groups excluding carboxylic acids is 3. The quantitative estimate of drug-likeness (QED) is 0.0261. The maximum atomic E-state index is 13.0. The predicted octanol–water partition coefficient (Wildman–Crippen LogP) is 24.8. The van der Waals surface area contributed by atoms with Crippen molar-refractivity contribution in [3.8, 4) is 0 Å². The highest BCUT2D eigenvalue weighted by Crippen LogP contribution is 2.17. The molecule has 6 heteroatoms. The number of ether oxygens (including phenoxy) is 3. The first kappa shape index (κ1) is 79.3. The van der Waals surface area contributed by atoms with E-state index in [0.717, 1.165) is 116 Å². The normalized spacial score (nSPS) is 12.7. The second-order valence-corrected chi connectivity index (χ2v) is 23.8. The molecule has 0 aliphatic carbocycles. The van der Waals surface area contributed by atoms with E-state index in [9.17, 15) is 14.4 Å². The number of esters is 3. The van der Waals surface area contributed by atoms with Crippen LogP contribution in [0, 0.1) is 0 Å². The summed E-state index contributed by atoms with van der Waals surface area (Å²) in [6.45, 7) is 6.55. The zero-order chi connectivity index (χ0) is 59.9. The summed E-state index contributed by atoms with van der Waals surface area (Å²) in [4.78, 5) is 38.5. The average molecular weight is 1160 g/mol. The second kappa shape index (κ2) is 70.8. The van der Waals surface area contributed by atoms with Crippen LogP contribution in [0.15, 0.2) is 97.2 Å². The third-order valence-electron chi connectivity index (χ3n) is 15.5. The number of hydrogen-bond donors (Lipinski definition) is 0. The number of rotatable bonds is 65. The van der Waals surface area contributed by atoms with Gasteiger partial charge in [-0.2, -0.15) is 0 Å². The summed E-state index contributed by atoms with van der Waals surface area (Å²) in [6.07, 6.45) is 95.7. The van der Waals surface area contributed by atoms with E-state index in [4.69, 9.17) is 14.2 Å². The van der Waals surface area contributed by atoms with Crippen LogP contribution >= 0.6 is 0 Å². The number of unbranched alkanes of at least 4 members (excludes halogenated alkanes) is 38. The Morgan fingerprint density at radius 1 is 0.253 bits per heavy atom. The Morgan fingerprint density at radius 2 is 0.470 bits per heavy atom. The highest BCUT2D eigenvalue weighted by Gasteiger charge is 2.19. The maximum absolute atomic E-state index is 13.0. The molecule has 0 rings (SSSR count). The molecular weight excluding hydrogens is 1020 g/mol. The van der Waals surface area contributed by atoms with Crippen molar-refractivity contribution in [2.75, 3.05) is 13.2 Å². The van der Waals surface area contributed by atoms with Crippen molar-refractivity contribution in [2.24, 2.45) is 0 Å². The summed E-state index contributed by atoms with van der Waals surface area (Å²) in [5.74, 6) is -0.891. The highest BCUT2D eigenvalue weighted by molar-refractivity contribution is 5.71. The van der Waals surface area contributed by atoms with Gasteiger partial charge in [0, 0.05) is 19.3 Å². The maximum Gasteiger partial charge on any atom is 0.306 e. The van der Waals surface area contributed by atoms with Crippen LogP contribution in [0.4, 0.5) is 0 Å². The molecule has 6 nitrogen and oxygen atoms in total. The fourth-order valence-electron chi connectivity index (χ4n) is 10.2. The summed E-state index contributed by atoms with van der Waals surface area (Å²) >= 11 is 0. The van der Waals surface area contributed by atoms with Gasteiger partial charge < -0.3 is 14.2 Å². The van der Waals surface area contributed by atoms with E-state index in [2.05, 4.69) is 118 Å². The fourth-order valence-corrected chi connectivity index (χ4v) is 10.2. The van der Waals surface area contributed by atoms with E-state index in [-0.39, 0.29) is 31.1 Å². The molecule has 0 amide bonds. The van der Waals surface area contributed by atoms with Gasteiger partial charge in [0.05, 0.1) is 0 Å². The lowest BCUT2D eigenvalue weighted by molar-refractivity contribution is -0.167. The van der Waals surface area contributed by atoms with E-state index in [1.807, 2.05) is 0 Å². The van der Waals surface area contributed by atoms with Crippen molar-refractivity contribution in [3.63, 3.8) is 0 Å². The van der Waals surface area contributed by atoms with E-state index >= 15 is 0 Å². The summed E-state index contributed by atoms with van der Waals surface area (Å²) in [5, 5.41) is 0. The van der Waals surface area contributed by atoms with E-state index in [0.29, 0.717) is 19.3 Å². The topological polar surface area (TPSA) is 78.9 Å². The summed E-state index contributed by atoms with van der Waals surface area (Å²) in [5.41, 5.74) is 0. The number of carbonyl (C=O) groups is 3. The van der Waals surface area contributed by atoms with Gasteiger partial charge >= 0.3 is 17.9 Å². The first-order chi connectivity index (χ1) is 41.0. The molecule has 0 spiro atoms. The Morgan fingerprint density at radius 3 is 0.747 bits per heavy atom. The molecule has 0 fully saturated rings. The first-order valence-corrected chi connectivity index (χ1v) is 35.7. The molecule has 0 aliphatic heterocycles. The third kappa shape index (κ3) is 69.0. The molecule has 0 heterocycles. The van der Waals surface area contributed by atoms with E-state index < -0.39 is 6.10 Å². The van der Waals surface area contributed by atoms with Crippen LogP contribution in [0.3, 0.4) is 0 Å². The highest BCUT2D eigenvalue weighted by atomic mass is 16.6. The van der Waals surface area contributed by atoms with Crippen molar-refractivity contribution in [1.82, 2.24) is 0 Å². The van der Waals surface area contributed by atoms with E-state index in [1.165, 1.54) is 199 Å².